The fraction of sp³-hybridized carbons (Fsp3) is 0.214. The van der Waals surface area contributed by atoms with Gasteiger partial charge in [0, 0.05) is 12.5 Å². The molecule has 0 aliphatic rings. The first kappa shape index (κ1) is 15.0. The van der Waals surface area contributed by atoms with Gasteiger partial charge in [-0.25, -0.2) is 9.78 Å². The van der Waals surface area contributed by atoms with E-state index in [1.807, 2.05) is 0 Å². The van der Waals surface area contributed by atoms with Gasteiger partial charge in [-0.15, -0.1) is 11.3 Å². The van der Waals surface area contributed by atoms with Crippen LogP contribution in [-0.4, -0.2) is 33.6 Å². The molecule has 1 aromatic heterocycles. The molecule has 1 heterocycles. The van der Waals surface area contributed by atoms with Gasteiger partial charge in [-0.05, 0) is 25.1 Å². The molecule has 0 bridgehead atoms. The lowest BCUT2D eigenvalue weighted by Gasteiger charge is -2.00. The predicted octanol–water partition coefficient (Wildman–Crippen LogP) is 2.60. The molecule has 2 N–H and O–H groups in total. The number of aromatic hydroxyl groups is 2. The number of rotatable bonds is 4. The van der Waals surface area contributed by atoms with E-state index in [1.165, 1.54) is 25.1 Å². The van der Waals surface area contributed by atoms with Crippen molar-refractivity contribution in [1.29, 1.82) is 0 Å². The minimum atomic E-state index is -0.659. The highest BCUT2D eigenvalue weighted by molar-refractivity contribution is 7.17. The first-order valence-corrected chi connectivity index (χ1v) is 6.97. The van der Waals surface area contributed by atoms with E-state index in [2.05, 4.69) is 4.98 Å². The summed E-state index contributed by atoms with van der Waals surface area (Å²) in [6, 6.07) is 4.16. The monoisotopic (exact) mass is 307 g/mol. The molecule has 0 saturated carbocycles. The highest BCUT2D eigenvalue weighted by Gasteiger charge is 2.23. The van der Waals surface area contributed by atoms with Crippen molar-refractivity contribution in [3.8, 4) is 22.1 Å². The standard InChI is InChI=1S/C14H13NO5S/c1-3-20-14(19)11-12(7(2)16)21-13(15-11)8-4-5-9(17)10(18)6-8/h4-6,17-18H,3H2,1-2H3. The molecule has 0 saturated heterocycles. The highest BCUT2D eigenvalue weighted by Crippen LogP contribution is 2.34. The first-order valence-electron chi connectivity index (χ1n) is 6.15. The van der Waals surface area contributed by atoms with Crippen LogP contribution in [0.5, 0.6) is 11.5 Å². The number of esters is 1. The van der Waals surface area contributed by atoms with Gasteiger partial charge in [0.1, 0.15) is 9.88 Å². The Morgan fingerprint density at radius 3 is 2.57 bits per heavy atom. The predicted molar refractivity (Wildman–Crippen MR) is 76.8 cm³/mol. The number of phenols is 2. The molecular formula is C14H13NO5S. The second-order valence-electron chi connectivity index (χ2n) is 4.18. The van der Waals surface area contributed by atoms with Crippen LogP contribution in [0.15, 0.2) is 18.2 Å². The molecule has 0 atom stereocenters. The summed E-state index contributed by atoms with van der Waals surface area (Å²) in [6.45, 7) is 3.19. The molecule has 0 amide bonds. The van der Waals surface area contributed by atoms with Gasteiger partial charge < -0.3 is 14.9 Å². The quantitative estimate of drug-likeness (QED) is 0.512. The molecule has 110 valence electrons. The largest absolute Gasteiger partial charge is 0.504 e. The van der Waals surface area contributed by atoms with Crippen LogP contribution in [0.25, 0.3) is 10.6 Å². The summed E-state index contributed by atoms with van der Waals surface area (Å²) < 4.78 is 4.87. The Hall–Kier alpha value is -2.41. The number of phenolic OH excluding ortho intramolecular Hbond substituents is 2. The van der Waals surface area contributed by atoms with Crippen LogP contribution in [0.4, 0.5) is 0 Å². The fourth-order valence-electron chi connectivity index (χ4n) is 1.68. The van der Waals surface area contributed by atoms with Crippen LogP contribution >= 0.6 is 11.3 Å². The smallest absolute Gasteiger partial charge is 0.358 e. The van der Waals surface area contributed by atoms with Crippen LogP contribution in [-0.2, 0) is 4.74 Å². The summed E-state index contributed by atoms with van der Waals surface area (Å²) in [7, 11) is 0. The average Bonchev–Trinajstić information content (AvgIpc) is 2.87. The van der Waals surface area contributed by atoms with Crippen LogP contribution in [0.1, 0.15) is 34.0 Å². The Morgan fingerprint density at radius 1 is 1.29 bits per heavy atom. The summed E-state index contributed by atoms with van der Waals surface area (Å²) >= 11 is 1.04. The van der Waals surface area contributed by atoms with Gasteiger partial charge in [0.05, 0.1) is 6.61 Å². The summed E-state index contributed by atoms with van der Waals surface area (Å²) in [5.74, 6) is -1.50. The SMILES string of the molecule is CCOC(=O)c1nc(-c2ccc(O)c(O)c2)sc1C(C)=O. The van der Waals surface area contributed by atoms with E-state index in [0.29, 0.717) is 10.6 Å². The van der Waals surface area contributed by atoms with Gasteiger partial charge in [-0.2, -0.15) is 0 Å². The van der Waals surface area contributed by atoms with E-state index in [-0.39, 0.29) is 34.5 Å². The molecular weight excluding hydrogens is 294 g/mol. The van der Waals surface area contributed by atoms with Crippen molar-refractivity contribution < 1.29 is 24.5 Å². The maximum Gasteiger partial charge on any atom is 0.358 e. The van der Waals surface area contributed by atoms with Gasteiger partial charge in [-0.1, -0.05) is 0 Å². The molecule has 0 unspecified atom stereocenters. The number of thiazole rings is 1. The molecule has 0 aliphatic heterocycles. The zero-order valence-electron chi connectivity index (χ0n) is 11.4. The van der Waals surface area contributed by atoms with Gasteiger partial charge in [0.2, 0.25) is 0 Å². The number of benzene rings is 1. The van der Waals surface area contributed by atoms with Crippen molar-refractivity contribution in [1.82, 2.24) is 4.98 Å². The molecule has 0 radical (unpaired) electrons. The van der Waals surface area contributed by atoms with Crippen molar-refractivity contribution in [2.45, 2.75) is 13.8 Å². The van der Waals surface area contributed by atoms with E-state index in [9.17, 15) is 19.8 Å². The Labute approximate surface area is 124 Å². The normalized spacial score (nSPS) is 10.4. The third kappa shape index (κ3) is 3.03. The molecule has 21 heavy (non-hydrogen) atoms. The molecule has 2 aromatic rings. The molecule has 6 nitrogen and oxygen atoms in total. The van der Waals surface area contributed by atoms with E-state index >= 15 is 0 Å². The second kappa shape index (κ2) is 5.92. The average molecular weight is 307 g/mol. The minimum Gasteiger partial charge on any atom is -0.504 e. The van der Waals surface area contributed by atoms with Gasteiger partial charge in [0.15, 0.2) is 23.0 Å². The maximum absolute atomic E-state index is 11.8. The summed E-state index contributed by atoms with van der Waals surface area (Å²) in [6.07, 6.45) is 0. The number of nitrogens with zero attached hydrogens (tertiary/aromatic N) is 1. The molecule has 7 heteroatoms. The maximum atomic E-state index is 11.8. The molecule has 1 aromatic carbocycles. The lowest BCUT2D eigenvalue weighted by Crippen LogP contribution is -2.09. The van der Waals surface area contributed by atoms with E-state index in [0.717, 1.165) is 11.3 Å². The Balaban J connectivity index is 2.50. The highest BCUT2D eigenvalue weighted by atomic mass is 32.1. The molecule has 0 aliphatic carbocycles. The zero-order valence-corrected chi connectivity index (χ0v) is 12.2. The van der Waals surface area contributed by atoms with Crippen molar-refractivity contribution in [3.05, 3.63) is 28.8 Å². The summed E-state index contributed by atoms with van der Waals surface area (Å²) in [5, 5.41) is 19.2. The molecule has 2 rings (SSSR count). The third-order valence-electron chi connectivity index (χ3n) is 2.64. The van der Waals surface area contributed by atoms with E-state index in [4.69, 9.17) is 4.74 Å². The van der Waals surface area contributed by atoms with E-state index < -0.39 is 5.97 Å². The lowest BCUT2D eigenvalue weighted by molar-refractivity contribution is 0.0517. The summed E-state index contributed by atoms with van der Waals surface area (Å²) in [4.78, 5) is 27.8. The fourth-order valence-corrected chi connectivity index (χ4v) is 2.62. The van der Waals surface area contributed by atoms with Crippen LogP contribution < -0.4 is 0 Å². The van der Waals surface area contributed by atoms with Crippen LogP contribution in [0.3, 0.4) is 0 Å². The number of hydrogen-bond donors (Lipinski definition) is 2. The number of carbonyl (C=O) groups is 2. The number of aromatic nitrogens is 1. The topological polar surface area (TPSA) is 96.7 Å². The number of ether oxygens (including phenoxy) is 1. The van der Waals surface area contributed by atoms with Crippen molar-refractivity contribution in [2.24, 2.45) is 0 Å². The third-order valence-corrected chi connectivity index (χ3v) is 3.84. The Bertz CT molecular complexity index is 707. The number of Topliss-reactive ketones (excluding diaryl/α,β-unsaturated/α-hetero) is 1. The van der Waals surface area contributed by atoms with Gasteiger partial charge in [-0.3, -0.25) is 4.79 Å². The number of hydrogen-bond acceptors (Lipinski definition) is 7. The summed E-state index contributed by atoms with van der Waals surface area (Å²) in [5.41, 5.74) is 0.463. The first-order chi connectivity index (χ1) is 9.93. The Kier molecular flexibility index (Phi) is 4.23. The number of carbonyl (C=O) groups excluding carboxylic acids is 2. The van der Waals surface area contributed by atoms with Crippen molar-refractivity contribution in [3.63, 3.8) is 0 Å². The lowest BCUT2D eigenvalue weighted by atomic mass is 10.2. The number of ketones is 1. The van der Waals surface area contributed by atoms with Crippen LogP contribution in [0, 0.1) is 0 Å². The molecule has 0 fully saturated rings. The zero-order chi connectivity index (χ0) is 15.6. The van der Waals surface area contributed by atoms with Gasteiger partial charge >= 0.3 is 5.97 Å². The Morgan fingerprint density at radius 2 is 2.00 bits per heavy atom. The van der Waals surface area contributed by atoms with Gasteiger partial charge in [0.25, 0.3) is 0 Å². The van der Waals surface area contributed by atoms with Crippen molar-refractivity contribution in [2.75, 3.05) is 6.61 Å². The second-order valence-corrected chi connectivity index (χ2v) is 5.18. The minimum absolute atomic E-state index is 0.0306. The van der Waals surface area contributed by atoms with Crippen LogP contribution in [0.2, 0.25) is 0 Å². The van der Waals surface area contributed by atoms with Crippen molar-refractivity contribution >= 4 is 23.1 Å². The molecule has 0 spiro atoms. The van der Waals surface area contributed by atoms with E-state index in [1.54, 1.807) is 6.92 Å².